The van der Waals surface area contributed by atoms with E-state index in [2.05, 4.69) is 4.98 Å². The summed E-state index contributed by atoms with van der Waals surface area (Å²) in [6.07, 6.45) is 2.05. The predicted octanol–water partition coefficient (Wildman–Crippen LogP) is 1.80. The highest BCUT2D eigenvalue weighted by Gasteiger charge is 2.09. The Hall–Kier alpha value is -0.810. The van der Waals surface area contributed by atoms with Gasteiger partial charge in [-0.05, 0) is 12.5 Å². The quantitative estimate of drug-likeness (QED) is 0.747. The fraction of sp³-hybridized carbons (Fsp3) is 0.375. The summed E-state index contributed by atoms with van der Waals surface area (Å²) in [5.41, 5.74) is 0. The molecule has 0 amide bonds. The van der Waals surface area contributed by atoms with Gasteiger partial charge >= 0.3 is 0 Å². The van der Waals surface area contributed by atoms with Gasteiger partial charge in [0.2, 0.25) is 5.88 Å². The molecule has 6 heteroatoms. The first-order chi connectivity index (χ1) is 6.54. The van der Waals surface area contributed by atoms with E-state index in [1.54, 1.807) is 0 Å². The number of hydrogen-bond donors (Lipinski definition) is 0. The lowest BCUT2D eigenvalue weighted by atomic mass is 10.5. The summed E-state index contributed by atoms with van der Waals surface area (Å²) in [6.45, 7) is 2.53. The fourth-order valence-corrected chi connectivity index (χ4v) is 1.49. The van der Waals surface area contributed by atoms with Crippen LogP contribution in [0.4, 0.5) is 0 Å². The van der Waals surface area contributed by atoms with E-state index in [1.165, 1.54) is 18.3 Å². The average Bonchev–Trinajstić information content (AvgIpc) is 2.14. The van der Waals surface area contributed by atoms with Gasteiger partial charge in [0.05, 0.1) is 12.8 Å². The molecule has 0 aliphatic heterocycles. The minimum absolute atomic E-state index is 0.0250. The van der Waals surface area contributed by atoms with Crippen LogP contribution in [-0.4, -0.2) is 20.0 Å². The monoisotopic (exact) mass is 235 g/mol. The molecule has 0 aromatic carbocycles. The third-order valence-corrected chi connectivity index (χ3v) is 2.78. The summed E-state index contributed by atoms with van der Waals surface area (Å²) in [7, 11) is 1.42. The normalized spacial score (nSPS) is 11.3. The lowest BCUT2D eigenvalue weighted by Gasteiger charge is -2.02. The number of pyridine rings is 1. The smallest absolute Gasteiger partial charge is 0.262 e. The Balaban J connectivity index is 2.79. The highest BCUT2D eigenvalue weighted by atomic mass is 35.7. The molecule has 0 unspecified atom stereocenters. The van der Waals surface area contributed by atoms with Crippen molar-refractivity contribution in [3.63, 3.8) is 0 Å². The van der Waals surface area contributed by atoms with Crippen LogP contribution in [0.3, 0.4) is 0 Å². The lowest BCUT2D eigenvalue weighted by molar-refractivity contribution is 0.305. The van der Waals surface area contributed by atoms with E-state index in [1.807, 2.05) is 6.92 Å². The number of halogens is 1. The van der Waals surface area contributed by atoms with Crippen molar-refractivity contribution in [3.8, 4) is 5.88 Å². The molecule has 4 nitrogen and oxygen atoms in total. The summed E-state index contributed by atoms with van der Waals surface area (Å²) in [5.74, 6) is 0.399. The van der Waals surface area contributed by atoms with Gasteiger partial charge in [0.15, 0.2) is 0 Å². The fourth-order valence-electron chi connectivity index (χ4n) is 0.803. The number of rotatable bonds is 4. The van der Waals surface area contributed by atoms with E-state index in [-0.39, 0.29) is 4.90 Å². The van der Waals surface area contributed by atoms with Gasteiger partial charge < -0.3 is 4.74 Å². The maximum absolute atomic E-state index is 10.8. The SMILES string of the molecule is CCCOc1ccc(S(=O)(=O)Cl)cn1. The van der Waals surface area contributed by atoms with Crippen molar-refractivity contribution in [2.45, 2.75) is 18.2 Å². The Labute approximate surface area is 87.3 Å². The second-order valence-electron chi connectivity index (χ2n) is 2.62. The van der Waals surface area contributed by atoms with E-state index < -0.39 is 9.05 Å². The first-order valence-corrected chi connectivity index (χ1v) is 6.38. The van der Waals surface area contributed by atoms with Gasteiger partial charge in [-0.15, -0.1) is 0 Å². The zero-order chi connectivity index (χ0) is 10.6. The lowest BCUT2D eigenvalue weighted by Crippen LogP contribution is -1.98. The molecular weight excluding hydrogens is 226 g/mol. The third kappa shape index (κ3) is 3.16. The first kappa shape index (κ1) is 11.3. The molecule has 0 atom stereocenters. The third-order valence-electron chi connectivity index (χ3n) is 1.44. The largest absolute Gasteiger partial charge is 0.478 e. The van der Waals surface area contributed by atoms with Gasteiger partial charge in [-0.2, -0.15) is 0 Å². The molecule has 0 fully saturated rings. The van der Waals surface area contributed by atoms with E-state index >= 15 is 0 Å². The zero-order valence-electron chi connectivity index (χ0n) is 7.60. The molecule has 0 N–H and O–H groups in total. The van der Waals surface area contributed by atoms with Crippen molar-refractivity contribution in [2.24, 2.45) is 0 Å². The van der Waals surface area contributed by atoms with Crippen LogP contribution >= 0.6 is 10.7 Å². The molecule has 0 spiro atoms. The Bertz CT molecular complexity index is 388. The number of aromatic nitrogens is 1. The molecule has 0 aliphatic rings. The highest BCUT2D eigenvalue weighted by Crippen LogP contribution is 2.16. The van der Waals surface area contributed by atoms with Crippen LogP contribution in [0, 0.1) is 0 Å². The number of ether oxygens (including phenoxy) is 1. The Morgan fingerprint density at radius 2 is 2.21 bits per heavy atom. The van der Waals surface area contributed by atoms with E-state index in [0.717, 1.165) is 6.42 Å². The summed E-state index contributed by atoms with van der Waals surface area (Å²) in [4.78, 5) is 3.77. The van der Waals surface area contributed by atoms with Gasteiger partial charge in [0.1, 0.15) is 4.90 Å². The first-order valence-electron chi connectivity index (χ1n) is 4.07. The minimum atomic E-state index is -3.69. The highest BCUT2D eigenvalue weighted by molar-refractivity contribution is 8.13. The molecule has 0 saturated carbocycles. The molecule has 14 heavy (non-hydrogen) atoms. The molecule has 0 saturated heterocycles. The van der Waals surface area contributed by atoms with Crippen molar-refractivity contribution in [1.82, 2.24) is 4.98 Å². The summed E-state index contributed by atoms with van der Waals surface area (Å²) < 4.78 is 26.9. The van der Waals surface area contributed by atoms with E-state index in [9.17, 15) is 8.42 Å². The minimum Gasteiger partial charge on any atom is -0.478 e. The molecule has 1 aromatic rings. The van der Waals surface area contributed by atoms with Crippen molar-refractivity contribution >= 4 is 19.7 Å². The van der Waals surface area contributed by atoms with Gasteiger partial charge in [-0.25, -0.2) is 13.4 Å². The number of nitrogens with zero attached hydrogens (tertiary/aromatic N) is 1. The van der Waals surface area contributed by atoms with Crippen molar-refractivity contribution in [3.05, 3.63) is 18.3 Å². The van der Waals surface area contributed by atoms with Crippen LogP contribution in [0.2, 0.25) is 0 Å². The molecule has 0 bridgehead atoms. The average molecular weight is 236 g/mol. The zero-order valence-corrected chi connectivity index (χ0v) is 9.18. The molecular formula is C8H10ClNO3S. The van der Waals surface area contributed by atoms with Crippen LogP contribution in [-0.2, 0) is 9.05 Å². The molecule has 0 radical (unpaired) electrons. The summed E-state index contributed by atoms with van der Waals surface area (Å²) in [5, 5.41) is 0. The number of hydrogen-bond acceptors (Lipinski definition) is 4. The summed E-state index contributed by atoms with van der Waals surface area (Å²) >= 11 is 0. The summed E-state index contributed by atoms with van der Waals surface area (Å²) in [6, 6.07) is 2.84. The predicted molar refractivity (Wildman–Crippen MR) is 53.1 cm³/mol. The van der Waals surface area contributed by atoms with Crippen molar-refractivity contribution in [1.29, 1.82) is 0 Å². The second-order valence-corrected chi connectivity index (χ2v) is 5.18. The standard InChI is InChI=1S/C8H10ClNO3S/c1-2-5-13-8-4-3-7(6-10-8)14(9,11)12/h3-4,6H,2,5H2,1H3. The topological polar surface area (TPSA) is 56.3 Å². The van der Waals surface area contributed by atoms with Crippen LogP contribution < -0.4 is 4.74 Å². The van der Waals surface area contributed by atoms with Gasteiger partial charge in [-0.1, -0.05) is 6.92 Å². The van der Waals surface area contributed by atoms with Crippen LogP contribution in [0.1, 0.15) is 13.3 Å². The molecule has 1 rings (SSSR count). The molecule has 1 heterocycles. The van der Waals surface area contributed by atoms with Gasteiger partial charge in [0, 0.05) is 16.7 Å². The van der Waals surface area contributed by atoms with Crippen LogP contribution in [0.5, 0.6) is 5.88 Å². The Morgan fingerprint density at radius 1 is 1.50 bits per heavy atom. The maximum Gasteiger partial charge on any atom is 0.262 e. The molecule has 0 aliphatic carbocycles. The van der Waals surface area contributed by atoms with E-state index in [0.29, 0.717) is 12.5 Å². The van der Waals surface area contributed by atoms with Gasteiger partial charge in [0.25, 0.3) is 9.05 Å². The molecule has 78 valence electrons. The van der Waals surface area contributed by atoms with Crippen molar-refractivity contribution < 1.29 is 13.2 Å². The maximum atomic E-state index is 10.8. The second kappa shape index (κ2) is 4.61. The van der Waals surface area contributed by atoms with Gasteiger partial charge in [-0.3, -0.25) is 0 Å². The molecule has 1 aromatic heterocycles. The van der Waals surface area contributed by atoms with Crippen LogP contribution in [0.15, 0.2) is 23.2 Å². The Morgan fingerprint density at radius 3 is 2.64 bits per heavy atom. The van der Waals surface area contributed by atoms with Crippen LogP contribution in [0.25, 0.3) is 0 Å². The Kier molecular flexibility index (Phi) is 3.71. The van der Waals surface area contributed by atoms with E-state index in [4.69, 9.17) is 15.4 Å². The van der Waals surface area contributed by atoms with Crippen molar-refractivity contribution in [2.75, 3.05) is 6.61 Å².